The van der Waals surface area contributed by atoms with Crippen LogP contribution in [0.3, 0.4) is 0 Å². The normalized spacial score (nSPS) is 28.5. The van der Waals surface area contributed by atoms with E-state index in [0.717, 1.165) is 22.6 Å². The predicted octanol–water partition coefficient (Wildman–Crippen LogP) is 2.93. The Hall–Kier alpha value is -2.63. The highest BCUT2D eigenvalue weighted by Crippen LogP contribution is 2.52. The number of carbonyl (C=O) groups is 2. The van der Waals surface area contributed by atoms with E-state index in [9.17, 15) is 9.59 Å². The molecule has 2 bridgehead atoms. The monoisotopic (exact) mass is 368 g/mol. The Morgan fingerprint density at radius 3 is 2.15 bits per heavy atom. The molecule has 0 unspecified atom stereocenters. The fourth-order valence-electron chi connectivity index (χ4n) is 4.47. The van der Waals surface area contributed by atoms with E-state index >= 15 is 0 Å². The van der Waals surface area contributed by atoms with E-state index in [-0.39, 0.29) is 35.5 Å². The maximum Gasteiger partial charge on any atom is 0.254 e. The van der Waals surface area contributed by atoms with Crippen LogP contribution in [0.25, 0.3) is 0 Å². The highest BCUT2D eigenvalue weighted by molar-refractivity contribution is 6.06. The van der Waals surface area contributed by atoms with Gasteiger partial charge in [0.15, 0.2) is 11.5 Å². The molecule has 6 heteroatoms. The fourth-order valence-corrected chi connectivity index (χ4v) is 4.47. The first kappa shape index (κ1) is 17.8. The van der Waals surface area contributed by atoms with Crippen molar-refractivity contribution in [3.05, 3.63) is 35.4 Å². The Labute approximate surface area is 158 Å². The largest absolute Gasteiger partial charge is 0.490 e. The molecule has 2 aliphatic carbocycles. The number of benzene rings is 1. The number of ether oxygens (including phenoxy) is 2. The molecule has 1 aromatic rings. The molecule has 6 nitrogen and oxygen atoms in total. The summed E-state index contributed by atoms with van der Waals surface area (Å²) in [6.45, 7) is 6.83. The van der Waals surface area contributed by atoms with Crippen molar-refractivity contribution in [3.63, 3.8) is 0 Å². The summed E-state index contributed by atoms with van der Waals surface area (Å²) in [6, 6.07) is 3.73. The molecule has 0 aromatic heterocycles. The molecule has 1 heterocycles. The van der Waals surface area contributed by atoms with Gasteiger partial charge < -0.3 is 9.47 Å². The van der Waals surface area contributed by atoms with Crippen molar-refractivity contribution < 1.29 is 19.1 Å². The SMILES string of the molecule is CCOc1cc(C)c(C=NN2C(=O)[C@@H]3[C@H](C2=O)[C@H]2C=C[C@H]3C2)cc1OCC. The van der Waals surface area contributed by atoms with E-state index in [0.29, 0.717) is 24.7 Å². The molecule has 1 aromatic carbocycles. The summed E-state index contributed by atoms with van der Waals surface area (Å²) in [5, 5.41) is 5.32. The maximum atomic E-state index is 12.7. The summed E-state index contributed by atoms with van der Waals surface area (Å²) in [5.74, 6) is 0.875. The Balaban J connectivity index is 1.59. The average Bonchev–Trinajstić information content (AvgIpc) is 3.32. The van der Waals surface area contributed by atoms with Crippen LogP contribution in [0.15, 0.2) is 29.4 Å². The molecule has 1 aliphatic heterocycles. The summed E-state index contributed by atoms with van der Waals surface area (Å²) in [4.78, 5) is 25.4. The number of allylic oxidation sites excluding steroid dienone is 2. The number of imide groups is 1. The number of aryl methyl sites for hydroxylation is 1. The molecule has 0 N–H and O–H groups in total. The first-order chi connectivity index (χ1) is 13.0. The number of hydrazone groups is 1. The van der Waals surface area contributed by atoms with E-state index in [2.05, 4.69) is 17.3 Å². The molecule has 2 amide bonds. The second-order valence-electron chi connectivity index (χ2n) is 7.25. The van der Waals surface area contributed by atoms with Gasteiger partial charge in [0.2, 0.25) is 0 Å². The lowest BCUT2D eigenvalue weighted by Gasteiger charge is -2.14. The van der Waals surface area contributed by atoms with Crippen LogP contribution in [0.2, 0.25) is 0 Å². The summed E-state index contributed by atoms with van der Waals surface area (Å²) in [5.41, 5.74) is 1.73. The zero-order chi connectivity index (χ0) is 19.1. The van der Waals surface area contributed by atoms with Gasteiger partial charge in [-0.1, -0.05) is 12.2 Å². The summed E-state index contributed by atoms with van der Waals surface area (Å²) < 4.78 is 11.3. The third kappa shape index (κ3) is 2.83. The van der Waals surface area contributed by atoms with Crippen LogP contribution in [0.4, 0.5) is 0 Å². The Morgan fingerprint density at radius 2 is 1.59 bits per heavy atom. The Morgan fingerprint density at radius 1 is 1.04 bits per heavy atom. The van der Waals surface area contributed by atoms with Crippen molar-refractivity contribution in [1.82, 2.24) is 5.01 Å². The van der Waals surface area contributed by atoms with Gasteiger partial charge in [-0.2, -0.15) is 10.1 Å². The molecular weight excluding hydrogens is 344 g/mol. The molecule has 4 atom stereocenters. The highest BCUT2D eigenvalue weighted by Gasteiger charge is 2.59. The van der Waals surface area contributed by atoms with Crippen LogP contribution in [0.5, 0.6) is 11.5 Å². The molecule has 142 valence electrons. The molecule has 2 fully saturated rings. The quantitative estimate of drug-likeness (QED) is 0.440. The summed E-state index contributed by atoms with van der Waals surface area (Å²) >= 11 is 0. The van der Waals surface area contributed by atoms with Crippen molar-refractivity contribution in [3.8, 4) is 11.5 Å². The zero-order valence-electron chi connectivity index (χ0n) is 15.8. The summed E-state index contributed by atoms with van der Waals surface area (Å²) in [6.07, 6.45) is 6.64. The van der Waals surface area contributed by atoms with Gasteiger partial charge in [0.05, 0.1) is 31.3 Å². The second kappa shape index (κ2) is 6.83. The van der Waals surface area contributed by atoms with Gasteiger partial charge in [-0.05, 0) is 56.7 Å². The van der Waals surface area contributed by atoms with E-state index in [1.54, 1.807) is 6.21 Å². The zero-order valence-corrected chi connectivity index (χ0v) is 15.8. The molecule has 0 radical (unpaired) electrons. The van der Waals surface area contributed by atoms with Crippen LogP contribution in [0, 0.1) is 30.6 Å². The number of hydrogen-bond acceptors (Lipinski definition) is 5. The Kier molecular flexibility index (Phi) is 4.50. The van der Waals surface area contributed by atoms with Gasteiger partial charge in [-0.25, -0.2) is 0 Å². The fraction of sp³-hybridized carbons (Fsp3) is 0.476. The van der Waals surface area contributed by atoms with Gasteiger partial charge in [-0.3, -0.25) is 9.59 Å². The van der Waals surface area contributed by atoms with Crippen molar-refractivity contribution in [2.24, 2.45) is 28.8 Å². The lowest BCUT2D eigenvalue weighted by Crippen LogP contribution is -2.28. The molecule has 1 saturated heterocycles. The number of nitrogens with zero attached hydrogens (tertiary/aromatic N) is 2. The van der Waals surface area contributed by atoms with Crippen molar-refractivity contribution >= 4 is 18.0 Å². The number of rotatable bonds is 6. The topological polar surface area (TPSA) is 68.2 Å². The molecule has 27 heavy (non-hydrogen) atoms. The third-order valence-corrected chi connectivity index (χ3v) is 5.69. The van der Waals surface area contributed by atoms with Crippen molar-refractivity contribution in [2.45, 2.75) is 27.2 Å². The molecular formula is C21H24N2O4. The van der Waals surface area contributed by atoms with Gasteiger partial charge in [0, 0.05) is 5.56 Å². The number of fused-ring (bicyclic) bond motifs is 5. The van der Waals surface area contributed by atoms with Gasteiger partial charge in [0.25, 0.3) is 11.8 Å². The van der Waals surface area contributed by atoms with Gasteiger partial charge >= 0.3 is 0 Å². The third-order valence-electron chi connectivity index (χ3n) is 5.69. The van der Waals surface area contributed by atoms with Crippen molar-refractivity contribution in [1.29, 1.82) is 0 Å². The molecule has 4 rings (SSSR count). The lowest BCUT2D eigenvalue weighted by molar-refractivity contribution is -0.140. The standard InChI is InChI=1S/C21H24N2O4/c1-4-26-16-8-12(3)15(10-17(16)27-5-2)11-22-23-20(24)18-13-6-7-14(9-13)19(18)21(23)25/h6-8,10-11,13-14,18-19H,4-5,9H2,1-3H3/t13-,14-,18-,19+/m0/s1. The predicted molar refractivity (Wildman–Crippen MR) is 101 cm³/mol. The smallest absolute Gasteiger partial charge is 0.254 e. The van der Waals surface area contributed by atoms with Crippen LogP contribution >= 0.6 is 0 Å². The maximum absolute atomic E-state index is 12.7. The number of carbonyl (C=O) groups excluding carboxylic acids is 2. The molecule has 0 spiro atoms. The number of amides is 2. The van der Waals surface area contributed by atoms with Gasteiger partial charge in [-0.15, -0.1) is 0 Å². The molecule has 1 saturated carbocycles. The first-order valence-electron chi connectivity index (χ1n) is 9.55. The average molecular weight is 368 g/mol. The van der Waals surface area contributed by atoms with Crippen LogP contribution in [0.1, 0.15) is 31.4 Å². The van der Waals surface area contributed by atoms with Crippen LogP contribution in [-0.2, 0) is 9.59 Å². The highest BCUT2D eigenvalue weighted by atomic mass is 16.5. The molecule has 3 aliphatic rings. The van der Waals surface area contributed by atoms with Crippen molar-refractivity contribution in [2.75, 3.05) is 13.2 Å². The van der Waals surface area contributed by atoms with E-state index < -0.39 is 0 Å². The van der Waals surface area contributed by atoms with Crippen LogP contribution < -0.4 is 9.47 Å². The first-order valence-corrected chi connectivity index (χ1v) is 9.55. The second-order valence-corrected chi connectivity index (χ2v) is 7.25. The van der Waals surface area contributed by atoms with Gasteiger partial charge in [0.1, 0.15) is 0 Å². The van der Waals surface area contributed by atoms with E-state index in [1.807, 2.05) is 32.9 Å². The lowest BCUT2D eigenvalue weighted by atomic mass is 9.85. The van der Waals surface area contributed by atoms with E-state index in [4.69, 9.17) is 9.47 Å². The van der Waals surface area contributed by atoms with E-state index in [1.165, 1.54) is 0 Å². The Bertz CT molecular complexity index is 815. The number of hydrogen-bond donors (Lipinski definition) is 0. The summed E-state index contributed by atoms with van der Waals surface area (Å²) in [7, 11) is 0. The minimum atomic E-state index is -0.231. The van der Waals surface area contributed by atoms with Crippen LogP contribution in [-0.4, -0.2) is 36.3 Å². The minimum absolute atomic E-state index is 0.174. The minimum Gasteiger partial charge on any atom is -0.490 e.